The van der Waals surface area contributed by atoms with Crippen LogP contribution in [0.4, 0.5) is 5.69 Å². The summed E-state index contributed by atoms with van der Waals surface area (Å²) in [5, 5.41) is 5.86. The van der Waals surface area contributed by atoms with Crippen molar-refractivity contribution in [1.82, 2.24) is 5.32 Å². The van der Waals surface area contributed by atoms with Crippen LogP contribution in [0.15, 0.2) is 24.3 Å². The van der Waals surface area contributed by atoms with Crippen LogP contribution in [0.2, 0.25) is 0 Å². The minimum absolute atomic E-state index is 0.120. The number of primary amides is 1. The molecule has 0 bridgehead atoms. The van der Waals surface area contributed by atoms with Crippen LogP contribution >= 0.6 is 0 Å². The minimum Gasteiger partial charge on any atom is -0.366 e. The topological polar surface area (TPSA) is 84.2 Å². The van der Waals surface area contributed by atoms with Crippen molar-refractivity contribution in [2.75, 3.05) is 18.4 Å². The summed E-state index contributed by atoms with van der Waals surface area (Å²) in [7, 11) is 0. The molecule has 0 radical (unpaired) electrons. The van der Waals surface area contributed by atoms with Crippen LogP contribution in [-0.4, -0.2) is 24.9 Å². The van der Waals surface area contributed by atoms with Gasteiger partial charge in [-0.15, -0.1) is 0 Å². The Morgan fingerprint density at radius 1 is 1.14 bits per heavy atom. The van der Waals surface area contributed by atoms with E-state index in [0.29, 0.717) is 11.3 Å². The number of benzene rings is 1. The van der Waals surface area contributed by atoms with Gasteiger partial charge in [0.25, 0.3) is 0 Å². The maximum Gasteiger partial charge on any atom is 0.248 e. The van der Waals surface area contributed by atoms with Crippen LogP contribution in [0, 0.1) is 0 Å². The molecule has 0 aliphatic rings. The van der Waals surface area contributed by atoms with Gasteiger partial charge in [0, 0.05) is 11.3 Å². The SMILES string of the molecule is CCCCCCCNCC(=O)Nc1cccc(C(N)=O)c1. The van der Waals surface area contributed by atoms with Gasteiger partial charge in [-0.2, -0.15) is 0 Å². The third-order valence-electron chi connectivity index (χ3n) is 3.17. The summed E-state index contributed by atoms with van der Waals surface area (Å²) in [5.74, 6) is -0.624. The summed E-state index contributed by atoms with van der Waals surface area (Å²) in [4.78, 5) is 22.8. The van der Waals surface area contributed by atoms with Crippen molar-refractivity contribution >= 4 is 17.5 Å². The lowest BCUT2D eigenvalue weighted by Gasteiger charge is -2.07. The second-order valence-electron chi connectivity index (χ2n) is 5.08. The van der Waals surface area contributed by atoms with Gasteiger partial charge in [-0.1, -0.05) is 38.7 Å². The Labute approximate surface area is 126 Å². The van der Waals surface area contributed by atoms with Crippen molar-refractivity contribution in [2.45, 2.75) is 39.0 Å². The van der Waals surface area contributed by atoms with Gasteiger partial charge in [0.2, 0.25) is 11.8 Å². The molecule has 1 aromatic rings. The molecule has 21 heavy (non-hydrogen) atoms. The first kappa shape index (κ1) is 17.2. The third-order valence-corrected chi connectivity index (χ3v) is 3.17. The molecule has 4 N–H and O–H groups in total. The van der Waals surface area contributed by atoms with Gasteiger partial charge < -0.3 is 16.4 Å². The van der Waals surface area contributed by atoms with E-state index >= 15 is 0 Å². The molecule has 0 fully saturated rings. The summed E-state index contributed by atoms with van der Waals surface area (Å²) >= 11 is 0. The van der Waals surface area contributed by atoms with Crippen molar-refractivity contribution in [1.29, 1.82) is 0 Å². The molecule has 5 nitrogen and oxygen atoms in total. The lowest BCUT2D eigenvalue weighted by Crippen LogP contribution is -2.28. The van der Waals surface area contributed by atoms with Gasteiger partial charge in [-0.25, -0.2) is 0 Å². The molecule has 1 aromatic carbocycles. The van der Waals surface area contributed by atoms with Crippen molar-refractivity contribution in [3.63, 3.8) is 0 Å². The molecule has 0 aromatic heterocycles. The second kappa shape index (κ2) is 9.94. The highest BCUT2D eigenvalue weighted by Crippen LogP contribution is 2.09. The van der Waals surface area contributed by atoms with Crippen LogP contribution < -0.4 is 16.4 Å². The fraction of sp³-hybridized carbons (Fsp3) is 0.500. The van der Waals surface area contributed by atoms with E-state index in [4.69, 9.17) is 5.73 Å². The van der Waals surface area contributed by atoms with Gasteiger partial charge in [-0.3, -0.25) is 9.59 Å². The number of anilines is 1. The Balaban J connectivity index is 2.21. The van der Waals surface area contributed by atoms with Crippen molar-refractivity contribution in [2.24, 2.45) is 5.73 Å². The lowest BCUT2D eigenvalue weighted by molar-refractivity contribution is -0.115. The van der Waals surface area contributed by atoms with Crippen LogP contribution in [-0.2, 0) is 4.79 Å². The van der Waals surface area contributed by atoms with Crippen LogP contribution in [0.5, 0.6) is 0 Å². The van der Waals surface area contributed by atoms with E-state index in [1.807, 2.05) is 0 Å². The summed E-state index contributed by atoms with van der Waals surface area (Å²) in [6.45, 7) is 3.31. The molecule has 0 saturated carbocycles. The van der Waals surface area contributed by atoms with E-state index in [2.05, 4.69) is 17.6 Å². The Morgan fingerprint density at radius 3 is 2.62 bits per heavy atom. The molecular formula is C16H25N3O2. The zero-order chi connectivity index (χ0) is 15.5. The number of hydrogen-bond donors (Lipinski definition) is 3. The maximum absolute atomic E-state index is 11.7. The number of carbonyl (C=O) groups is 2. The number of amides is 2. The van der Waals surface area contributed by atoms with Crippen molar-refractivity contribution in [3.05, 3.63) is 29.8 Å². The first-order chi connectivity index (χ1) is 10.1. The van der Waals surface area contributed by atoms with E-state index < -0.39 is 5.91 Å². The van der Waals surface area contributed by atoms with Gasteiger partial charge in [0.1, 0.15) is 0 Å². The predicted octanol–water partition coefficient (Wildman–Crippen LogP) is 2.28. The predicted molar refractivity (Wildman–Crippen MR) is 85.2 cm³/mol. The van der Waals surface area contributed by atoms with E-state index in [0.717, 1.165) is 13.0 Å². The Morgan fingerprint density at radius 2 is 1.90 bits per heavy atom. The van der Waals surface area contributed by atoms with E-state index in [-0.39, 0.29) is 12.5 Å². The van der Waals surface area contributed by atoms with Crippen LogP contribution in [0.1, 0.15) is 49.4 Å². The van der Waals surface area contributed by atoms with Crippen LogP contribution in [0.3, 0.4) is 0 Å². The second-order valence-corrected chi connectivity index (χ2v) is 5.08. The number of nitrogens with two attached hydrogens (primary N) is 1. The fourth-order valence-corrected chi connectivity index (χ4v) is 2.01. The Kier molecular flexibility index (Phi) is 8.12. The summed E-state index contributed by atoms with van der Waals surface area (Å²) in [6.07, 6.45) is 6.05. The summed E-state index contributed by atoms with van der Waals surface area (Å²) < 4.78 is 0. The highest BCUT2D eigenvalue weighted by atomic mass is 16.2. The normalized spacial score (nSPS) is 10.3. The molecular weight excluding hydrogens is 266 g/mol. The lowest BCUT2D eigenvalue weighted by atomic mass is 10.1. The largest absolute Gasteiger partial charge is 0.366 e. The molecule has 0 aliphatic heterocycles. The number of hydrogen-bond acceptors (Lipinski definition) is 3. The Hall–Kier alpha value is -1.88. The molecule has 0 saturated heterocycles. The smallest absolute Gasteiger partial charge is 0.248 e. The first-order valence-electron chi connectivity index (χ1n) is 7.54. The van der Waals surface area contributed by atoms with E-state index in [9.17, 15) is 9.59 Å². The summed E-state index contributed by atoms with van der Waals surface area (Å²) in [6, 6.07) is 6.61. The molecule has 1 rings (SSSR count). The quantitative estimate of drug-likeness (QED) is 0.578. The molecule has 0 atom stereocenters. The zero-order valence-corrected chi connectivity index (χ0v) is 12.7. The van der Waals surface area contributed by atoms with Gasteiger partial charge in [0.05, 0.1) is 6.54 Å². The average Bonchev–Trinajstić information content (AvgIpc) is 2.46. The Bertz CT molecular complexity index is 461. The molecule has 0 spiro atoms. The molecule has 5 heteroatoms. The zero-order valence-electron chi connectivity index (χ0n) is 12.7. The number of unbranched alkanes of at least 4 members (excludes halogenated alkanes) is 4. The highest BCUT2D eigenvalue weighted by molar-refractivity contribution is 5.96. The maximum atomic E-state index is 11.7. The number of nitrogens with one attached hydrogen (secondary N) is 2. The molecule has 0 heterocycles. The highest BCUT2D eigenvalue weighted by Gasteiger charge is 2.04. The van der Waals surface area contributed by atoms with Crippen molar-refractivity contribution in [3.8, 4) is 0 Å². The van der Waals surface area contributed by atoms with E-state index in [1.54, 1.807) is 24.3 Å². The fourth-order valence-electron chi connectivity index (χ4n) is 2.01. The van der Waals surface area contributed by atoms with Crippen molar-refractivity contribution < 1.29 is 9.59 Å². The third kappa shape index (κ3) is 7.46. The van der Waals surface area contributed by atoms with Crippen LogP contribution in [0.25, 0.3) is 0 Å². The van der Waals surface area contributed by atoms with Gasteiger partial charge in [0.15, 0.2) is 0 Å². The molecule has 2 amide bonds. The standard InChI is InChI=1S/C16H25N3O2/c1-2-3-4-5-6-10-18-12-15(20)19-14-9-7-8-13(11-14)16(17)21/h7-9,11,18H,2-6,10,12H2,1H3,(H2,17,21)(H,19,20). The molecule has 0 unspecified atom stereocenters. The van der Waals surface area contributed by atoms with Gasteiger partial charge in [-0.05, 0) is 31.2 Å². The molecule has 0 aliphatic carbocycles. The van der Waals surface area contributed by atoms with E-state index in [1.165, 1.54) is 25.7 Å². The molecule has 116 valence electrons. The van der Waals surface area contributed by atoms with Gasteiger partial charge >= 0.3 is 0 Å². The monoisotopic (exact) mass is 291 g/mol. The minimum atomic E-state index is -0.503. The average molecular weight is 291 g/mol. The first-order valence-corrected chi connectivity index (χ1v) is 7.54. The number of carbonyl (C=O) groups excluding carboxylic acids is 2. The number of rotatable bonds is 10. The summed E-state index contributed by atoms with van der Waals surface area (Å²) in [5.41, 5.74) is 6.17.